The van der Waals surface area contributed by atoms with Crippen LogP contribution < -0.4 is 5.32 Å². The smallest absolute Gasteiger partial charge is 0.308 e. The van der Waals surface area contributed by atoms with Crippen molar-refractivity contribution in [1.82, 2.24) is 5.32 Å². The Balaban J connectivity index is 4.35. The van der Waals surface area contributed by atoms with Crippen molar-refractivity contribution in [3.05, 3.63) is 0 Å². The van der Waals surface area contributed by atoms with Gasteiger partial charge in [-0.1, -0.05) is 64.1 Å². The van der Waals surface area contributed by atoms with Gasteiger partial charge in [-0.3, -0.25) is 9.59 Å². The van der Waals surface area contributed by atoms with Crippen molar-refractivity contribution in [2.24, 2.45) is 17.3 Å². The monoisotopic (exact) mass is 511 g/mol. The van der Waals surface area contributed by atoms with E-state index < -0.39 is 11.0 Å². The largest absolute Gasteiger partial charge is 0.465 e. The van der Waals surface area contributed by atoms with Crippen LogP contribution in [0, 0.1) is 17.3 Å². The van der Waals surface area contributed by atoms with Gasteiger partial charge in [0.2, 0.25) is 5.91 Å². The van der Waals surface area contributed by atoms with Gasteiger partial charge >= 0.3 is 5.97 Å². The molecule has 0 fully saturated rings. The molecule has 0 aliphatic rings. The number of hydrogen-bond acceptors (Lipinski definition) is 4. The molecule has 0 aliphatic carbocycles. The van der Waals surface area contributed by atoms with Crippen molar-refractivity contribution >= 4 is 34.5 Å². The van der Waals surface area contributed by atoms with Crippen molar-refractivity contribution < 1.29 is 19.1 Å². The van der Waals surface area contributed by atoms with Gasteiger partial charge in [0.1, 0.15) is 0 Å². The van der Waals surface area contributed by atoms with E-state index in [0.29, 0.717) is 35.9 Å². The molecule has 166 valence electrons. The number of esters is 1. The highest BCUT2D eigenvalue weighted by atomic mass is 127. The van der Waals surface area contributed by atoms with Crippen molar-refractivity contribution in [2.45, 2.75) is 97.1 Å². The van der Waals surface area contributed by atoms with Crippen molar-refractivity contribution in [3.63, 3.8) is 0 Å². The Kier molecular flexibility index (Phi) is 12.2. The fourth-order valence-electron chi connectivity index (χ4n) is 2.56. The summed E-state index contributed by atoms with van der Waals surface area (Å²) in [6.07, 6.45) is 2.24. The zero-order valence-corrected chi connectivity index (χ0v) is 21.5. The predicted octanol–water partition coefficient (Wildman–Crippen LogP) is 5.14. The van der Waals surface area contributed by atoms with Gasteiger partial charge in [0.15, 0.2) is 0 Å². The summed E-state index contributed by atoms with van der Waals surface area (Å²) in [5, 5.41) is 3.16. The van der Waals surface area contributed by atoms with E-state index in [-0.39, 0.29) is 23.8 Å². The van der Waals surface area contributed by atoms with E-state index in [0.717, 1.165) is 6.42 Å². The molecule has 28 heavy (non-hydrogen) atoms. The second-order valence-electron chi connectivity index (χ2n) is 9.58. The molecule has 5 nitrogen and oxygen atoms in total. The van der Waals surface area contributed by atoms with Crippen LogP contribution in [0.15, 0.2) is 0 Å². The number of halogens is 1. The summed E-state index contributed by atoms with van der Waals surface area (Å²) in [5.41, 5.74) is -0.892. The molecule has 0 heterocycles. The number of hydrogen-bond donors (Lipinski definition) is 1. The highest BCUT2D eigenvalue weighted by Gasteiger charge is 2.30. The molecule has 0 radical (unpaired) electrons. The van der Waals surface area contributed by atoms with Gasteiger partial charge in [0.05, 0.1) is 18.1 Å². The first-order valence-electron chi connectivity index (χ1n) is 10.4. The third kappa shape index (κ3) is 11.6. The molecule has 0 saturated heterocycles. The SMILES string of the molecule is CC(CC(C)C(C)I)NC(=O)C(C)(C)CCOC(C)(C)CCOC(=O)C(C)C. The maximum absolute atomic E-state index is 12.7. The number of amides is 1. The first-order chi connectivity index (χ1) is 12.7. The van der Waals surface area contributed by atoms with Gasteiger partial charge in [0.25, 0.3) is 0 Å². The summed E-state index contributed by atoms with van der Waals surface area (Å²) >= 11 is 2.44. The van der Waals surface area contributed by atoms with Crippen LogP contribution in [0.25, 0.3) is 0 Å². The van der Waals surface area contributed by atoms with Crippen molar-refractivity contribution in [3.8, 4) is 0 Å². The first kappa shape index (κ1) is 27.6. The Hall–Kier alpha value is -0.370. The van der Waals surface area contributed by atoms with Gasteiger partial charge in [-0.25, -0.2) is 0 Å². The molecule has 6 heteroatoms. The molecule has 0 aromatic rings. The Morgan fingerprint density at radius 1 is 0.964 bits per heavy atom. The molecule has 0 rings (SSSR count). The molecule has 0 saturated carbocycles. The molecule has 3 unspecified atom stereocenters. The molecule has 0 aromatic heterocycles. The van der Waals surface area contributed by atoms with Crippen LogP contribution in [-0.4, -0.2) is 40.7 Å². The molecule has 0 bridgehead atoms. The molecule has 0 aromatic carbocycles. The number of carbonyl (C=O) groups is 2. The third-order valence-corrected chi connectivity index (χ3v) is 6.37. The van der Waals surface area contributed by atoms with Gasteiger partial charge in [-0.15, -0.1) is 0 Å². The molecule has 1 N–H and O–H groups in total. The Labute approximate surface area is 186 Å². The first-order valence-corrected chi connectivity index (χ1v) is 11.7. The second kappa shape index (κ2) is 12.4. The van der Waals surface area contributed by atoms with Crippen LogP contribution in [0.1, 0.15) is 81.6 Å². The quantitative estimate of drug-likeness (QED) is 0.211. The summed E-state index contributed by atoms with van der Waals surface area (Å²) < 4.78 is 11.8. The van der Waals surface area contributed by atoms with Crippen LogP contribution in [0.2, 0.25) is 0 Å². The summed E-state index contributed by atoms with van der Waals surface area (Å²) in [6.45, 7) is 18.9. The van der Waals surface area contributed by atoms with Crippen LogP contribution in [0.5, 0.6) is 0 Å². The van der Waals surface area contributed by atoms with E-state index in [4.69, 9.17) is 9.47 Å². The lowest BCUT2D eigenvalue weighted by Crippen LogP contribution is -2.43. The lowest BCUT2D eigenvalue weighted by Gasteiger charge is -2.30. The average molecular weight is 511 g/mol. The van der Waals surface area contributed by atoms with Gasteiger partial charge < -0.3 is 14.8 Å². The maximum Gasteiger partial charge on any atom is 0.308 e. The highest BCUT2D eigenvalue weighted by molar-refractivity contribution is 14.1. The molecular weight excluding hydrogens is 469 g/mol. The van der Waals surface area contributed by atoms with E-state index in [1.807, 2.05) is 41.5 Å². The lowest BCUT2D eigenvalue weighted by atomic mass is 9.87. The summed E-state index contributed by atoms with van der Waals surface area (Å²) in [6, 6.07) is 0.159. The van der Waals surface area contributed by atoms with Crippen LogP contribution >= 0.6 is 22.6 Å². The van der Waals surface area contributed by atoms with E-state index in [1.165, 1.54) is 0 Å². The number of rotatable bonds is 13. The Morgan fingerprint density at radius 2 is 1.54 bits per heavy atom. The minimum absolute atomic E-state index is 0.0700. The number of nitrogens with one attached hydrogen (secondary N) is 1. The fourth-order valence-corrected chi connectivity index (χ4v) is 2.85. The van der Waals surface area contributed by atoms with Crippen molar-refractivity contribution in [2.75, 3.05) is 13.2 Å². The van der Waals surface area contributed by atoms with E-state index >= 15 is 0 Å². The van der Waals surface area contributed by atoms with Crippen LogP contribution in [0.3, 0.4) is 0 Å². The predicted molar refractivity (Wildman–Crippen MR) is 124 cm³/mol. The van der Waals surface area contributed by atoms with E-state index in [2.05, 4.69) is 48.7 Å². The topological polar surface area (TPSA) is 64.6 Å². The Bertz CT molecular complexity index is 489. The number of carbonyl (C=O) groups excluding carboxylic acids is 2. The summed E-state index contributed by atoms with van der Waals surface area (Å²) in [7, 11) is 0. The molecular formula is C22H42INO4. The summed E-state index contributed by atoms with van der Waals surface area (Å²) in [4.78, 5) is 24.2. The molecule has 1 amide bonds. The van der Waals surface area contributed by atoms with E-state index in [9.17, 15) is 9.59 Å². The highest BCUT2D eigenvalue weighted by Crippen LogP contribution is 2.24. The maximum atomic E-state index is 12.7. The normalized spacial score (nSPS) is 15.8. The van der Waals surface area contributed by atoms with Crippen LogP contribution in [0.4, 0.5) is 0 Å². The lowest BCUT2D eigenvalue weighted by molar-refractivity contribution is -0.149. The van der Waals surface area contributed by atoms with Crippen molar-refractivity contribution in [1.29, 1.82) is 0 Å². The minimum atomic E-state index is -0.492. The molecule has 3 atom stereocenters. The standard InChI is InChI=1S/C22H42INO4/c1-15(2)19(25)27-12-11-22(8,9)28-13-10-21(6,7)20(26)24-17(4)14-16(3)18(5)23/h15-18H,10-14H2,1-9H3,(H,24,26). The van der Waals surface area contributed by atoms with Gasteiger partial charge in [-0.2, -0.15) is 0 Å². The van der Waals surface area contributed by atoms with E-state index in [1.54, 1.807) is 0 Å². The molecule has 0 spiro atoms. The molecule has 0 aliphatic heterocycles. The number of ether oxygens (including phenoxy) is 2. The zero-order chi connectivity index (χ0) is 22.1. The van der Waals surface area contributed by atoms with Crippen LogP contribution in [-0.2, 0) is 19.1 Å². The van der Waals surface area contributed by atoms with Gasteiger partial charge in [0, 0.05) is 28.4 Å². The summed E-state index contributed by atoms with van der Waals surface area (Å²) in [5.74, 6) is 0.330. The second-order valence-corrected chi connectivity index (χ2v) is 11.5. The van der Waals surface area contributed by atoms with Gasteiger partial charge in [-0.05, 0) is 39.5 Å². The third-order valence-electron chi connectivity index (χ3n) is 5.14. The Morgan fingerprint density at radius 3 is 2.04 bits per heavy atom. The minimum Gasteiger partial charge on any atom is -0.465 e. The average Bonchev–Trinajstić information content (AvgIpc) is 2.53. The fraction of sp³-hybridized carbons (Fsp3) is 0.909. The zero-order valence-electron chi connectivity index (χ0n) is 19.4. The number of alkyl halides is 1.